The summed E-state index contributed by atoms with van der Waals surface area (Å²) in [5.41, 5.74) is 0.681. The molecule has 0 aliphatic carbocycles. The van der Waals surface area contributed by atoms with E-state index in [2.05, 4.69) is 33.9 Å². The summed E-state index contributed by atoms with van der Waals surface area (Å²) in [6.45, 7) is 0.0713. The number of ether oxygens (including phenoxy) is 1. The van der Waals surface area contributed by atoms with Crippen LogP contribution in [0.25, 0.3) is 0 Å². The third kappa shape index (κ3) is 1.66. The van der Waals surface area contributed by atoms with Crippen LogP contribution in [0.1, 0.15) is 0 Å². The lowest BCUT2D eigenvalue weighted by molar-refractivity contribution is -0.118. The standard InChI is InChI=1S/C8H6BrNO2S/c9-4-1-5-6(2-7(4)13)12-3-8(11)10-5/h1-2,13H,3H2,(H,10,11). The molecule has 3 nitrogen and oxygen atoms in total. The van der Waals surface area contributed by atoms with Gasteiger partial charge in [-0.2, -0.15) is 0 Å². The number of hydrogen-bond acceptors (Lipinski definition) is 3. The molecule has 1 N–H and O–H groups in total. The summed E-state index contributed by atoms with van der Waals surface area (Å²) in [6, 6.07) is 3.54. The second-order valence-electron chi connectivity index (χ2n) is 2.64. The first-order valence-corrected chi connectivity index (χ1v) is 4.86. The van der Waals surface area contributed by atoms with E-state index in [0.29, 0.717) is 11.4 Å². The summed E-state index contributed by atoms with van der Waals surface area (Å²) in [7, 11) is 0. The average Bonchev–Trinajstić information content (AvgIpc) is 2.08. The van der Waals surface area contributed by atoms with Gasteiger partial charge < -0.3 is 10.1 Å². The van der Waals surface area contributed by atoms with Gasteiger partial charge in [0, 0.05) is 9.37 Å². The number of anilines is 1. The van der Waals surface area contributed by atoms with Gasteiger partial charge >= 0.3 is 0 Å². The largest absolute Gasteiger partial charge is 0.482 e. The SMILES string of the molecule is O=C1COc2cc(S)c(Br)cc2N1. The van der Waals surface area contributed by atoms with Crippen LogP contribution in [0.3, 0.4) is 0 Å². The Morgan fingerprint density at radius 3 is 3.08 bits per heavy atom. The zero-order chi connectivity index (χ0) is 9.42. The topological polar surface area (TPSA) is 38.3 Å². The maximum atomic E-state index is 11.0. The van der Waals surface area contributed by atoms with Crippen molar-refractivity contribution in [3.05, 3.63) is 16.6 Å². The van der Waals surface area contributed by atoms with E-state index in [0.717, 1.165) is 9.37 Å². The molecule has 2 rings (SSSR count). The fourth-order valence-corrected chi connectivity index (χ4v) is 1.61. The Morgan fingerprint density at radius 2 is 2.31 bits per heavy atom. The van der Waals surface area contributed by atoms with Gasteiger partial charge in [-0.25, -0.2) is 0 Å². The van der Waals surface area contributed by atoms with Crippen LogP contribution in [0.2, 0.25) is 0 Å². The second-order valence-corrected chi connectivity index (χ2v) is 3.97. The number of amides is 1. The minimum atomic E-state index is -0.133. The van der Waals surface area contributed by atoms with Gasteiger partial charge in [0.05, 0.1) is 5.69 Å². The number of carbonyl (C=O) groups excluding carboxylic acids is 1. The summed E-state index contributed by atoms with van der Waals surface area (Å²) >= 11 is 7.53. The zero-order valence-electron chi connectivity index (χ0n) is 6.50. The highest BCUT2D eigenvalue weighted by molar-refractivity contribution is 9.10. The van der Waals surface area contributed by atoms with E-state index in [1.165, 1.54) is 0 Å². The van der Waals surface area contributed by atoms with Crippen molar-refractivity contribution in [1.82, 2.24) is 0 Å². The summed E-state index contributed by atoms with van der Waals surface area (Å²) in [4.78, 5) is 11.7. The van der Waals surface area contributed by atoms with Gasteiger partial charge in [-0.1, -0.05) is 0 Å². The summed E-state index contributed by atoms with van der Waals surface area (Å²) < 4.78 is 6.02. The van der Waals surface area contributed by atoms with Crippen LogP contribution < -0.4 is 10.1 Å². The number of halogens is 1. The normalized spacial score (nSPS) is 14.5. The van der Waals surface area contributed by atoms with Gasteiger partial charge in [0.1, 0.15) is 5.75 Å². The van der Waals surface area contributed by atoms with Crippen molar-refractivity contribution in [1.29, 1.82) is 0 Å². The Kier molecular flexibility index (Phi) is 2.21. The predicted molar refractivity (Wildman–Crippen MR) is 55.5 cm³/mol. The number of benzene rings is 1. The number of carbonyl (C=O) groups is 1. The predicted octanol–water partition coefficient (Wildman–Crippen LogP) is 2.07. The molecule has 0 bridgehead atoms. The Morgan fingerprint density at radius 1 is 1.54 bits per heavy atom. The maximum absolute atomic E-state index is 11.0. The molecule has 5 heteroatoms. The molecule has 13 heavy (non-hydrogen) atoms. The van der Waals surface area contributed by atoms with Crippen molar-refractivity contribution in [3.63, 3.8) is 0 Å². The number of rotatable bonds is 0. The highest BCUT2D eigenvalue weighted by Gasteiger charge is 2.16. The Bertz CT molecular complexity index is 381. The third-order valence-electron chi connectivity index (χ3n) is 1.68. The Hall–Kier alpha value is -0.680. The molecule has 1 aromatic rings. The Labute approximate surface area is 89.0 Å². The maximum Gasteiger partial charge on any atom is 0.262 e. The monoisotopic (exact) mass is 259 g/mol. The molecule has 1 heterocycles. The summed E-state index contributed by atoms with van der Waals surface area (Å²) in [5, 5.41) is 2.70. The first-order valence-electron chi connectivity index (χ1n) is 3.62. The van der Waals surface area contributed by atoms with E-state index >= 15 is 0 Å². The molecule has 1 aliphatic rings. The molecule has 0 atom stereocenters. The minimum Gasteiger partial charge on any atom is -0.482 e. The summed E-state index contributed by atoms with van der Waals surface area (Å²) in [6.07, 6.45) is 0. The third-order valence-corrected chi connectivity index (χ3v) is 3.01. The molecule has 1 amide bonds. The van der Waals surface area contributed by atoms with Gasteiger partial charge in [0.25, 0.3) is 5.91 Å². The van der Waals surface area contributed by atoms with Gasteiger partial charge in [-0.05, 0) is 28.1 Å². The van der Waals surface area contributed by atoms with Gasteiger partial charge in [0.15, 0.2) is 6.61 Å². The first-order chi connectivity index (χ1) is 6.16. The Balaban J connectivity index is 2.49. The molecular formula is C8H6BrNO2S. The lowest BCUT2D eigenvalue weighted by Gasteiger charge is -2.18. The van der Waals surface area contributed by atoms with E-state index < -0.39 is 0 Å². The van der Waals surface area contributed by atoms with Gasteiger partial charge in [0.2, 0.25) is 0 Å². The van der Waals surface area contributed by atoms with Crippen molar-refractivity contribution < 1.29 is 9.53 Å². The second kappa shape index (κ2) is 3.23. The van der Waals surface area contributed by atoms with E-state index in [1.54, 1.807) is 12.1 Å². The van der Waals surface area contributed by atoms with Crippen molar-refractivity contribution in [3.8, 4) is 5.75 Å². The number of thiol groups is 1. The first kappa shape index (κ1) is 8.90. The highest BCUT2D eigenvalue weighted by atomic mass is 79.9. The molecular weight excluding hydrogens is 254 g/mol. The molecule has 0 spiro atoms. The minimum absolute atomic E-state index is 0.0713. The molecule has 68 valence electrons. The van der Waals surface area contributed by atoms with E-state index in [1.807, 2.05) is 0 Å². The number of fused-ring (bicyclic) bond motifs is 1. The van der Waals surface area contributed by atoms with E-state index in [4.69, 9.17) is 4.74 Å². The fourth-order valence-electron chi connectivity index (χ4n) is 1.09. The lowest BCUT2D eigenvalue weighted by atomic mass is 10.2. The van der Waals surface area contributed by atoms with Crippen LogP contribution in [0, 0.1) is 0 Å². The van der Waals surface area contributed by atoms with Crippen LogP contribution in [0.15, 0.2) is 21.5 Å². The van der Waals surface area contributed by atoms with Crippen LogP contribution in [0.4, 0.5) is 5.69 Å². The molecule has 0 saturated carbocycles. The lowest BCUT2D eigenvalue weighted by Crippen LogP contribution is -2.25. The summed E-state index contributed by atoms with van der Waals surface area (Å²) in [5.74, 6) is 0.527. The molecule has 0 radical (unpaired) electrons. The van der Waals surface area contributed by atoms with Crippen molar-refractivity contribution >= 4 is 40.2 Å². The van der Waals surface area contributed by atoms with Crippen molar-refractivity contribution in [2.24, 2.45) is 0 Å². The van der Waals surface area contributed by atoms with Crippen molar-refractivity contribution in [2.45, 2.75) is 4.90 Å². The molecule has 0 fully saturated rings. The number of hydrogen-bond donors (Lipinski definition) is 2. The molecule has 0 saturated heterocycles. The van der Waals surface area contributed by atoms with Crippen LogP contribution in [0.5, 0.6) is 5.75 Å². The molecule has 1 aliphatic heterocycles. The van der Waals surface area contributed by atoms with Crippen LogP contribution in [-0.4, -0.2) is 12.5 Å². The van der Waals surface area contributed by atoms with Crippen LogP contribution >= 0.6 is 28.6 Å². The van der Waals surface area contributed by atoms with Crippen molar-refractivity contribution in [2.75, 3.05) is 11.9 Å². The molecule has 1 aromatic carbocycles. The quantitative estimate of drug-likeness (QED) is 0.701. The van der Waals surface area contributed by atoms with Crippen LogP contribution in [-0.2, 0) is 4.79 Å². The number of nitrogens with one attached hydrogen (secondary N) is 1. The van der Waals surface area contributed by atoms with Gasteiger partial charge in [-0.3, -0.25) is 4.79 Å². The van der Waals surface area contributed by atoms with E-state index in [-0.39, 0.29) is 12.5 Å². The molecule has 0 aromatic heterocycles. The highest BCUT2D eigenvalue weighted by Crippen LogP contribution is 2.34. The smallest absolute Gasteiger partial charge is 0.262 e. The molecule has 0 unspecified atom stereocenters. The average molecular weight is 260 g/mol. The zero-order valence-corrected chi connectivity index (χ0v) is 8.98. The van der Waals surface area contributed by atoms with E-state index in [9.17, 15) is 4.79 Å². The van der Waals surface area contributed by atoms with Gasteiger partial charge in [-0.15, -0.1) is 12.6 Å². The fraction of sp³-hybridized carbons (Fsp3) is 0.125.